The minimum absolute atomic E-state index is 0.176. The third-order valence-electron chi connectivity index (χ3n) is 12.9. The monoisotopic (exact) mass is 747 g/mol. The first kappa shape index (κ1) is 35.9. The van der Waals surface area contributed by atoms with E-state index in [-0.39, 0.29) is 5.41 Å². The Bertz CT molecular complexity index is 2700. The quantitative estimate of drug-likeness (QED) is 0.150. The van der Waals surface area contributed by atoms with Crippen LogP contribution >= 0.6 is 0 Å². The molecule has 8 aromatic rings. The lowest BCUT2D eigenvalue weighted by atomic mass is 9.81. The molecule has 58 heavy (non-hydrogen) atoms. The number of nitrogens with zero attached hydrogens (tertiary/aromatic N) is 1. The van der Waals surface area contributed by atoms with Crippen LogP contribution in [0.15, 0.2) is 194 Å². The van der Waals surface area contributed by atoms with Gasteiger partial charge >= 0.3 is 0 Å². The van der Waals surface area contributed by atoms with E-state index in [1.54, 1.807) is 0 Å². The maximum absolute atomic E-state index is 2.48. The zero-order chi connectivity index (χ0) is 39.1. The van der Waals surface area contributed by atoms with Gasteiger partial charge in [-0.25, -0.2) is 0 Å². The molecule has 0 aromatic heterocycles. The van der Waals surface area contributed by atoms with Crippen molar-refractivity contribution in [3.05, 3.63) is 211 Å². The molecule has 0 amide bonds. The first-order valence-electron chi connectivity index (χ1n) is 21.1. The minimum atomic E-state index is -0.176. The molecule has 2 aliphatic rings. The van der Waals surface area contributed by atoms with Crippen molar-refractivity contribution < 1.29 is 0 Å². The van der Waals surface area contributed by atoms with Gasteiger partial charge in [-0.3, -0.25) is 0 Å². The summed E-state index contributed by atoms with van der Waals surface area (Å²) in [7, 11) is 0. The van der Waals surface area contributed by atoms with Gasteiger partial charge in [0.05, 0.1) is 5.69 Å². The summed E-state index contributed by atoms with van der Waals surface area (Å²) in [5.74, 6) is 0.709. The standard InChI is InChI=1S/C57H49N/c1-57(2)53-27-16-26-49(45-21-10-5-11-22-45)56(53)52-38-37-47(39-54(52)57)58(46-35-33-43(34-36-46)42-31-29-41(30-32-42)40-17-6-3-7-18-40)55-28-15-14-25-51(55)50-24-13-12-23-48(50)44-19-8-4-9-20-44/h4-5,8-16,19-40H,3,6-7,17-18H2,1-2H3. The molecule has 282 valence electrons. The molecular weight excluding hydrogens is 699 g/mol. The number of hydrogen-bond donors (Lipinski definition) is 0. The lowest BCUT2D eigenvalue weighted by molar-refractivity contribution is 0.443. The first-order chi connectivity index (χ1) is 28.5. The van der Waals surface area contributed by atoms with Crippen LogP contribution in [-0.2, 0) is 5.41 Å². The largest absolute Gasteiger partial charge is 0.310 e. The summed E-state index contributed by atoms with van der Waals surface area (Å²) in [6.07, 6.45) is 6.74. The highest BCUT2D eigenvalue weighted by Gasteiger charge is 2.37. The Morgan fingerprint density at radius 2 is 0.948 bits per heavy atom. The Labute approximate surface area is 344 Å². The fraction of sp³-hybridized carbons (Fsp3) is 0.158. The molecular formula is C57H49N. The average Bonchev–Trinajstić information content (AvgIpc) is 3.53. The molecule has 1 heteroatoms. The van der Waals surface area contributed by atoms with E-state index in [0.717, 1.165) is 17.1 Å². The molecule has 8 aromatic carbocycles. The van der Waals surface area contributed by atoms with Gasteiger partial charge in [0.25, 0.3) is 0 Å². The smallest absolute Gasteiger partial charge is 0.0540 e. The molecule has 0 saturated heterocycles. The predicted octanol–water partition coefficient (Wildman–Crippen LogP) is 16.2. The number of anilines is 3. The molecule has 2 aliphatic carbocycles. The van der Waals surface area contributed by atoms with Gasteiger partial charge in [-0.2, -0.15) is 0 Å². The summed E-state index contributed by atoms with van der Waals surface area (Å²) in [6.45, 7) is 4.78. The van der Waals surface area contributed by atoms with Crippen molar-refractivity contribution in [3.8, 4) is 55.6 Å². The maximum Gasteiger partial charge on any atom is 0.0540 e. The van der Waals surface area contributed by atoms with Crippen LogP contribution in [-0.4, -0.2) is 0 Å². The van der Waals surface area contributed by atoms with Crippen molar-refractivity contribution in [2.75, 3.05) is 4.90 Å². The highest BCUT2D eigenvalue weighted by Crippen LogP contribution is 2.54. The zero-order valence-electron chi connectivity index (χ0n) is 33.5. The lowest BCUT2D eigenvalue weighted by Gasteiger charge is -2.30. The number of hydrogen-bond acceptors (Lipinski definition) is 1. The molecule has 0 N–H and O–H groups in total. The van der Waals surface area contributed by atoms with E-state index in [0.29, 0.717) is 5.92 Å². The van der Waals surface area contributed by atoms with E-state index in [9.17, 15) is 0 Å². The maximum atomic E-state index is 2.48. The van der Waals surface area contributed by atoms with Gasteiger partial charge < -0.3 is 4.90 Å². The molecule has 1 nitrogen and oxygen atoms in total. The van der Waals surface area contributed by atoms with Crippen LogP contribution in [0.25, 0.3) is 55.6 Å². The SMILES string of the molecule is CC1(C)c2cc(N(c3ccc(-c4ccc(C5CCCCC5)cc4)cc3)c3ccccc3-c3ccccc3-c3ccccc3)ccc2-c2c(-c3ccccc3)cccc21. The number of fused-ring (bicyclic) bond motifs is 3. The Balaban J connectivity index is 1.11. The molecule has 1 saturated carbocycles. The van der Waals surface area contributed by atoms with E-state index < -0.39 is 0 Å². The van der Waals surface area contributed by atoms with Gasteiger partial charge in [-0.1, -0.05) is 197 Å². The number of para-hydroxylation sites is 1. The second kappa shape index (κ2) is 15.1. The van der Waals surface area contributed by atoms with E-state index in [4.69, 9.17) is 0 Å². The molecule has 0 radical (unpaired) electrons. The third-order valence-corrected chi connectivity index (χ3v) is 12.9. The number of rotatable bonds is 8. The summed E-state index contributed by atoms with van der Waals surface area (Å²) in [5, 5.41) is 0. The van der Waals surface area contributed by atoms with Gasteiger partial charge in [0, 0.05) is 22.4 Å². The van der Waals surface area contributed by atoms with Crippen LogP contribution in [0.2, 0.25) is 0 Å². The van der Waals surface area contributed by atoms with Crippen LogP contribution in [0, 0.1) is 0 Å². The van der Waals surface area contributed by atoms with E-state index in [1.807, 2.05) is 0 Å². The Hall–Kier alpha value is -6.44. The normalized spacial score (nSPS) is 14.4. The van der Waals surface area contributed by atoms with Crippen molar-refractivity contribution in [2.24, 2.45) is 0 Å². The summed E-state index contributed by atoms with van der Waals surface area (Å²) in [4.78, 5) is 2.48. The van der Waals surface area contributed by atoms with E-state index in [1.165, 1.54) is 104 Å². The van der Waals surface area contributed by atoms with Crippen LogP contribution < -0.4 is 4.90 Å². The van der Waals surface area contributed by atoms with Crippen LogP contribution in [0.4, 0.5) is 17.1 Å². The molecule has 0 aliphatic heterocycles. The summed E-state index contributed by atoms with van der Waals surface area (Å²) < 4.78 is 0. The highest BCUT2D eigenvalue weighted by atomic mass is 15.1. The first-order valence-corrected chi connectivity index (χ1v) is 21.1. The van der Waals surface area contributed by atoms with Crippen LogP contribution in [0.1, 0.15) is 68.6 Å². The topological polar surface area (TPSA) is 3.24 Å². The van der Waals surface area contributed by atoms with Crippen molar-refractivity contribution in [2.45, 2.75) is 57.3 Å². The zero-order valence-corrected chi connectivity index (χ0v) is 33.5. The Morgan fingerprint density at radius 1 is 0.397 bits per heavy atom. The van der Waals surface area contributed by atoms with Gasteiger partial charge in [0.15, 0.2) is 0 Å². The molecule has 1 fully saturated rings. The highest BCUT2D eigenvalue weighted by molar-refractivity contribution is 5.97. The van der Waals surface area contributed by atoms with Gasteiger partial charge in [0.2, 0.25) is 0 Å². The van der Waals surface area contributed by atoms with E-state index in [2.05, 4.69) is 213 Å². The fourth-order valence-corrected chi connectivity index (χ4v) is 9.87. The second-order valence-corrected chi connectivity index (χ2v) is 16.7. The van der Waals surface area contributed by atoms with Gasteiger partial charge in [-0.05, 0) is 116 Å². The summed E-state index contributed by atoms with van der Waals surface area (Å²) in [5.41, 5.74) is 20.0. The van der Waals surface area contributed by atoms with Crippen LogP contribution in [0.5, 0.6) is 0 Å². The summed E-state index contributed by atoms with van der Waals surface area (Å²) >= 11 is 0. The fourth-order valence-electron chi connectivity index (χ4n) is 9.87. The van der Waals surface area contributed by atoms with Crippen LogP contribution in [0.3, 0.4) is 0 Å². The minimum Gasteiger partial charge on any atom is -0.310 e. The Kier molecular flexibility index (Phi) is 9.38. The van der Waals surface area contributed by atoms with Crippen molar-refractivity contribution in [1.82, 2.24) is 0 Å². The van der Waals surface area contributed by atoms with Gasteiger partial charge in [-0.15, -0.1) is 0 Å². The van der Waals surface area contributed by atoms with Gasteiger partial charge in [0.1, 0.15) is 0 Å². The van der Waals surface area contributed by atoms with Crippen molar-refractivity contribution in [3.63, 3.8) is 0 Å². The number of benzene rings is 8. The molecule has 0 atom stereocenters. The van der Waals surface area contributed by atoms with Crippen molar-refractivity contribution in [1.29, 1.82) is 0 Å². The molecule has 0 heterocycles. The second-order valence-electron chi connectivity index (χ2n) is 16.7. The average molecular weight is 748 g/mol. The molecule has 10 rings (SSSR count). The predicted molar refractivity (Wildman–Crippen MR) is 246 cm³/mol. The summed E-state index contributed by atoms with van der Waals surface area (Å²) in [6, 6.07) is 72.0. The molecule has 0 unspecified atom stereocenters. The Morgan fingerprint density at radius 3 is 1.64 bits per heavy atom. The molecule has 0 spiro atoms. The molecule has 0 bridgehead atoms. The van der Waals surface area contributed by atoms with E-state index >= 15 is 0 Å². The van der Waals surface area contributed by atoms with Crippen molar-refractivity contribution >= 4 is 17.1 Å². The third kappa shape index (κ3) is 6.45. The lowest BCUT2D eigenvalue weighted by Crippen LogP contribution is -2.17.